The van der Waals surface area contributed by atoms with Crippen LogP contribution in [0.1, 0.15) is 5.69 Å². The van der Waals surface area contributed by atoms with Crippen LogP contribution in [0.15, 0.2) is 5.38 Å². The molecule has 0 radical (unpaired) electrons. The fourth-order valence-electron chi connectivity index (χ4n) is 1.12. The quantitative estimate of drug-likeness (QED) is 0.705. The first-order chi connectivity index (χ1) is 5.77. The van der Waals surface area contributed by atoms with E-state index in [1.807, 2.05) is 12.3 Å². The van der Waals surface area contributed by atoms with Gasteiger partial charge in [0.2, 0.25) is 0 Å². The average molecular weight is 183 g/mol. The van der Waals surface area contributed by atoms with E-state index in [-0.39, 0.29) is 6.03 Å². The summed E-state index contributed by atoms with van der Waals surface area (Å²) in [6.07, 6.45) is 0. The smallest absolute Gasteiger partial charge is 0.323 e. The highest BCUT2D eigenvalue weighted by atomic mass is 32.1. The van der Waals surface area contributed by atoms with Crippen LogP contribution in [0, 0.1) is 6.92 Å². The Balaban J connectivity index is 2.24. The third-order valence-electron chi connectivity index (χ3n) is 1.69. The van der Waals surface area contributed by atoms with E-state index in [1.54, 1.807) is 4.90 Å². The van der Waals surface area contributed by atoms with Crippen LogP contribution in [-0.2, 0) is 0 Å². The number of anilines is 1. The molecule has 1 aromatic rings. The minimum absolute atomic E-state index is 0.0376. The summed E-state index contributed by atoms with van der Waals surface area (Å²) in [5.41, 5.74) is 0.967. The van der Waals surface area contributed by atoms with Gasteiger partial charge >= 0.3 is 6.03 Å². The highest BCUT2D eigenvalue weighted by Crippen LogP contribution is 2.20. The number of hydrogen-bond donors (Lipinski definition) is 1. The summed E-state index contributed by atoms with van der Waals surface area (Å²) in [5, 5.41) is 5.47. The molecule has 0 bridgehead atoms. The lowest BCUT2D eigenvalue weighted by Crippen LogP contribution is -2.27. The first kappa shape index (κ1) is 7.54. The Morgan fingerprint density at radius 1 is 1.75 bits per heavy atom. The van der Waals surface area contributed by atoms with Crippen LogP contribution in [0.3, 0.4) is 0 Å². The van der Waals surface area contributed by atoms with Crippen molar-refractivity contribution in [2.75, 3.05) is 18.0 Å². The monoisotopic (exact) mass is 183 g/mol. The number of carbonyl (C=O) groups excluding carboxylic acids is 1. The lowest BCUT2D eigenvalue weighted by Gasteiger charge is -2.08. The third-order valence-corrected chi connectivity index (χ3v) is 2.68. The molecule has 1 aliphatic rings. The van der Waals surface area contributed by atoms with Crippen molar-refractivity contribution in [3.8, 4) is 0 Å². The Labute approximate surface area is 74.2 Å². The number of nitrogens with zero attached hydrogens (tertiary/aromatic N) is 2. The molecule has 2 amide bonds. The number of carbonyl (C=O) groups is 1. The standard InChI is InChI=1S/C7H9N3OS/c1-5-4-12-7(9-5)10-3-2-8-6(10)11/h4H,2-3H2,1H3,(H,8,11). The average Bonchev–Trinajstić information content (AvgIpc) is 2.58. The van der Waals surface area contributed by atoms with Crippen LogP contribution in [-0.4, -0.2) is 24.1 Å². The van der Waals surface area contributed by atoms with Gasteiger partial charge in [0.1, 0.15) is 0 Å². The molecule has 1 aromatic heterocycles. The fourth-order valence-corrected chi connectivity index (χ4v) is 1.95. The highest BCUT2D eigenvalue weighted by molar-refractivity contribution is 7.14. The maximum absolute atomic E-state index is 11.2. The lowest BCUT2D eigenvalue weighted by atomic mass is 10.6. The van der Waals surface area contributed by atoms with Gasteiger partial charge in [-0.05, 0) is 6.92 Å². The SMILES string of the molecule is Cc1csc(N2CCNC2=O)n1. The van der Waals surface area contributed by atoms with E-state index in [0.29, 0.717) is 0 Å². The molecule has 1 aliphatic heterocycles. The Hall–Kier alpha value is -1.10. The van der Waals surface area contributed by atoms with Crippen molar-refractivity contribution in [2.24, 2.45) is 0 Å². The van der Waals surface area contributed by atoms with Gasteiger partial charge in [-0.2, -0.15) is 0 Å². The van der Waals surface area contributed by atoms with Crippen molar-refractivity contribution < 1.29 is 4.79 Å². The molecule has 5 heteroatoms. The van der Waals surface area contributed by atoms with Crippen LogP contribution in [0.2, 0.25) is 0 Å². The number of hydrogen-bond acceptors (Lipinski definition) is 3. The van der Waals surface area contributed by atoms with Crippen LogP contribution < -0.4 is 10.2 Å². The van der Waals surface area contributed by atoms with E-state index in [9.17, 15) is 4.79 Å². The summed E-state index contributed by atoms with van der Waals surface area (Å²) in [7, 11) is 0. The molecule has 1 N–H and O–H groups in total. The molecule has 0 unspecified atom stereocenters. The van der Waals surface area contributed by atoms with Crippen molar-refractivity contribution in [1.82, 2.24) is 10.3 Å². The molecule has 2 heterocycles. The molecule has 2 rings (SSSR count). The van der Waals surface area contributed by atoms with Crippen LogP contribution in [0.25, 0.3) is 0 Å². The Morgan fingerprint density at radius 2 is 2.58 bits per heavy atom. The zero-order valence-corrected chi connectivity index (χ0v) is 7.52. The summed E-state index contributed by atoms with van der Waals surface area (Å²) in [4.78, 5) is 17.1. The van der Waals surface area contributed by atoms with E-state index >= 15 is 0 Å². The predicted octanol–water partition coefficient (Wildman–Crippen LogP) is 0.981. The summed E-state index contributed by atoms with van der Waals surface area (Å²) < 4.78 is 0. The van der Waals surface area contributed by atoms with E-state index in [2.05, 4.69) is 10.3 Å². The molecular weight excluding hydrogens is 174 g/mol. The number of aromatic nitrogens is 1. The van der Waals surface area contributed by atoms with Gasteiger partial charge in [0.05, 0.1) is 5.69 Å². The van der Waals surface area contributed by atoms with Gasteiger partial charge in [0, 0.05) is 18.5 Å². The second kappa shape index (κ2) is 2.75. The van der Waals surface area contributed by atoms with Gasteiger partial charge in [0.15, 0.2) is 5.13 Å². The maximum atomic E-state index is 11.2. The first-order valence-electron chi connectivity index (χ1n) is 3.75. The molecular formula is C7H9N3OS. The van der Waals surface area contributed by atoms with Crippen LogP contribution >= 0.6 is 11.3 Å². The molecule has 4 nitrogen and oxygen atoms in total. The third kappa shape index (κ3) is 1.16. The molecule has 0 atom stereocenters. The Kier molecular flexibility index (Phi) is 1.73. The topological polar surface area (TPSA) is 45.2 Å². The first-order valence-corrected chi connectivity index (χ1v) is 4.63. The Bertz CT molecular complexity index is 309. The molecule has 0 aromatic carbocycles. The van der Waals surface area contributed by atoms with E-state index in [4.69, 9.17) is 0 Å². The van der Waals surface area contributed by atoms with Gasteiger partial charge in [-0.25, -0.2) is 9.78 Å². The number of rotatable bonds is 1. The van der Waals surface area contributed by atoms with Gasteiger partial charge in [-0.3, -0.25) is 4.90 Å². The maximum Gasteiger partial charge on any atom is 0.323 e. The van der Waals surface area contributed by atoms with E-state index in [1.165, 1.54) is 11.3 Å². The van der Waals surface area contributed by atoms with Crippen LogP contribution in [0.5, 0.6) is 0 Å². The number of urea groups is 1. The summed E-state index contributed by atoms with van der Waals surface area (Å²) in [5.74, 6) is 0. The van der Waals surface area contributed by atoms with Crippen molar-refractivity contribution in [1.29, 1.82) is 0 Å². The predicted molar refractivity (Wildman–Crippen MR) is 47.6 cm³/mol. The molecule has 0 saturated carbocycles. The molecule has 64 valence electrons. The minimum atomic E-state index is -0.0376. The highest BCUT2D eigenvalue weighted by Gasteiger charge is 2.23. The summed E-state index contributed by atoms with van der Waals surface area (Å²) in [6, 6.07) is -0.0376. The number of nitrogens with one attached hydrogen (secondary N) is 1. The second-order valence-electron chi connectivity index (χ2n) is 2.66. The van der Waals surface area contributed by atoms with Gasteiger partial charge in [-0.15, -0.1) is 11.3 Å². The zero-order valence-electron chi connectivity index (χ0n) is 6.70. The van der Waals surface area contributed by atoms with Crippen molar-refractivity contribution >= 4 is 22.5 Å². The van der Waals surface area contributed by atoms with E-state index < -0.39 is 0 Å². The fraction of sp³-hybridized carbons (Fsp3) is 0.429. The van der Waals surface area contributed by atoms with Gasteiger partial charge < -0.3 is 5.32 Å². The van der Waals surface area contributed by atoms with Gasteiger partial charge in [-0.1, -0.05) is 0 Å². The molecule has 1 fully saturated rings. The van der Waals surface area contributed by atoms with Gasteiger partial charge in [0.25, 0.3) is 0 Å². The molecule has 1 saturated heterocycles. The van der Waals surface area contributed by atoms with Crippen molar-refractivity contribution in [2.45, 2.75) is 6.92 Å². The molecule has 0 aliphatic carbocycles. The zero-order chi connectivity index (χ0) is 8.55. The Morgan fingerprint density at radius 3 is 3.08 bits per heavy atom. The second-order valence-corrected chi connectivity index (χ2v) is 3.49. The van der Waals surface area contributed by atoms with Crippen molar-refractivity contribution in [3.63, 3.8) is 0 Å². The van der Waals surface area contributed by atoms with Crippen molar-refractivity contribution in [3.05, 3.63) is 11.1 Å². The van der Waals surface area contributed by atoms with Crippen LogP contribution in [0.4, 0.5) is 9.93 Å². The molecule has 12 heavy (non-hydrogen) atoms. The molecule has 0 spiro atoms. The largest absolute Gasteiger partial charge is 0.336 e. The summed E-state index contributed by atoms with van der Waals surface area (Å²) >= 11 is 1.50. The number of amides is 2. The summed E-state index contributed by atoms with van der Waals surface area (Å²) in [6.45, 7) is 3.37. The minimum Gasteiger partial charge on any atom is -0.336 e. The number of thiazole rings is 1. The van der Waals surface area contributed by atoms with E-state index in [0.717, 1.165) is 23.9 Å². The lowest BCUT2D eigenvalue weighted by molar-refractivity contribution is 0.252. The normalized spacial score (nSPS) is 16.8. The number of aryl methyl sites for hydroxylation is 1.